The van der Waals surface area contributed by atoms with Crippen LogP contribution in [-0.2, 0) is 9.59 Å². The molecule has 6 nitrogen and oxygen atoms in total. The molecule has 0 saturated carbocycles. The molecule has 2 aromatic carbocycles. The first-order valence-electron chi connectivity index (χ1n) is 9.54. The molecular weight excluding hydrogens is 416 g/mol. The van der Waals surface area contributed by atoms with Crippen LogP contribution in [0.3, 0.4) is 0 Å². The van der Waals surface area contributed by atoms with E-state index in [-0.39, 0.29) is 11.3 Å². The van der Waals surface area contributed by atoms with Gasteiger partial charge in [-0.05, 0) is 54.4 Å². The van der Waals surface area contributed by atoms with Crippen molar-refractivity contribution in [2.75, 3.05) is 12.0 Å². The number of ether oxygens (including phenoxy) is 1. The summed E-state index contributed by atoms with van der Waals surface area (Å²) in [6.07, 6.45) is 3.01. The average molecular weight is 435 g/mol. The number of methoxy groups -OCH3 is 1. The molecule has 1 unspecified atom stereocenters. The van der Waals surface area contributed by atoms with E-state index in [2.05, 4.69) is 4.98 Å². The number of hydrogen-bond donors (Lipinski definition) is 1. The molecule has 7 heteroatoms. The minimum Gasteiger partial charge on any atom is -0.507 e. The van der Waals surface area contributed by atoms with Crippen molar-refractivity contribution in [3.8, 4) is 5.75 Å². The highest BCUT2D eigenvalue weighted by molar-refractivity contribution is 6.51. The Balaban J connectivity index is 1.94. The predicted octanol–water partition coefficient (Wildman–Crippen LogP) is 4.68. The van der Waals surface area contributed by atoms with Crippen LogP contribution in [0.25, 0.3) is 5.76 Å². The summed E-state index contributed by atoms with van der Waals surface area (Å²) >= 11 is 6.30. The van der Waals surface area contributed by atoms with Gasteiger partial charge in [-0.2, -0.15) is 0 Å². The van der Waals surface area contributed by atoms with E-state index in [0.717, 1.165) is 5.56 Å². The van der Waals surface area contributed by atoms with E-state index in [1.54, 1.807) is 61.7 Å². The lowest BCUT2D eigenvalue weighted by Gasteiger charge is -2.26. The summed E-state index contributed by atoms with van der Waals surface area (Å²) in [5.74, 6) is -1.14. The summed E-state index contributed by atoms with van der Waals surface area (Å²) in [6, 6.07) is 14.5. The maximum Gasteiger partial charge on any atom is 0.300 e. The predicted molar refractivity (Wildman–Crippen MR) is 118 cm³/mol. The summed E-state index contributed by atoms with van der Waals surface area (Å²) in [6.45, 7) is 1.85. The van der Waals surface area contributed by atoms with Gasteiger partial charge in [0.1, 0.15) is 11.5 Å². The van der Waals surface area contributed by atoms with Gasteiger partial charge in [0.05, 0.1) is 18.7 Å². The molecule has 156 valence electrons. The lowest BCUT2D eigenvalue weighted by atomic mass is 9.95. The molecule has 0 spiro atoms. The number of anilines is 1. The zero-order valence-corrected chi connectivity index (χ0v) is 17.6. The van der Waals surface area contributed by atoms with Gasteiger partial charge in [-0.25, -0.2) is 0 Å². The van der Waals surface area contributed by atoms with Crippen molar-refractivity contribution in [2.24, 2.45) is 0 Å². The molecule has 2 heterocycles. The third-order valence-corrected chi connectivity index (χ3v) is 5.67. The summed E-state index contributed by atoms with van der Waals surface area (Å²) < 4.78 is 5.22. The number of rotatable bonds is 4. The Hall–Kier alpha value is -3.64. The lowest BCUT2D eigenvalue weighted by molar-refractivity contribution is -0.132. The van der Waals surface area contributed by atoms with Crippen molar-refractivity contribution in [1.29, 1.82) is 0 Å². The second kappa shape index (κ2) is 8.24. The van der Waals surface area contributed by atoms with Crippen LogP contribution in [0.2, 0.25) is 5.02 Å². The number of ketones is 1. The van der Waals surface area contributed by atoms with Crippen molar-refractivity contribution in [3.05, 3.63) is 94.3 Å². The van der Waals surface area contributed by atoms with Gasteiger partial charge in [-0.1, -0.05) is 29.8 Å². The van der Waals surface area contributed by atoms with Crippen LogP contribution in [0.1, 0.15) is 22.7 Å². The zero-order valence-electron chi connectivity index (χ0n) is 16.9. The minimum absolute atomic E-state index is 0.00179. The minimum atomic E-state index is -0.835. The van der Waals surface area contributed by atoms with E-state index in [1.165, 1.54) is 17.3 Å². The molecule has 31 heavy (non-hydrogen) atoms. The molecule has 0 aliphatic carbocycles. The van der Waals surface area contributed by atoms with Crippen LogP contribution >= 0.6 is 11.6 Å². The number of aliphatic hydroxyl groups is 1. The van der Waals surface area contributed by atoms with Crippen LogP contribution in [-0.4, -0.2) is 28.9 Å². The number of carbonyl (C=O) groups excluding carboxylic acids is 2. The van der Waals surface area contributed by atoms with Crippen LogP contribution < -0.4 is 9.64 Å². The molecule has 0 bridgehead atoms. The maximum atomic E-state index is 13.1. The van der Waals surface area contributed by atoms with Crippen LogP contribution in [0.15, 0.2) is 72.6 Å². The molecule has 3 aromatic rings. The Morgan fingerprint density at radius 1 is 1.06 bits per heavy atom. The fourth-order valence-electron chi connectivity index (χ4n) is 3.60. The lowest BCUT2D eigenvalue weighted by Crippen LogP contribution is -2.29. The van der Waals surface area contributed by atoms with Crippen molar-refractivity contribution in [2.45, 2.75) is 13.0 Å². The molecule has 1 aliphatic rings. The Morgan fingerprint density at radius 2 is 1.74 bits per heavy atom. The molecule has 1 fully saturated rings. The Labute approximate surface area is 184 Å². The van der Waals surface area contributed by atoms with Crippen molar-refractivity contribution in [1.82, 2.24) is 4.98 Å². The molecule has 0 radical (unpaired) electrons. The third kappa shape index (κ3) is 3.66. The SMILES string of the molecule is COc1ccc(C2/C(=C(\O)c3ccncc3)C(=O)C(=O)N2c2ccc(C)c(Cl)c2)cc1. The highest BCUT2D eigenvalue weighted by Gasteiger charge is 2.47. The number of aromatic nitrogens is 1. The van der Waals surface area contributed by atoms with Gasteiger partial charge in [0, 0.05) is 28.7 Å². The highest BCUT2D eigenvalue weighted by Crippen LogP contribution is 2.43. The van der Waals surface area contributed by atoms with Crippen LogP contribution in [0, 0.1) is 6.92 Å². The number of hydrogen-bond acceptors (Lipinski definition) is 5. The van der Waals surface area contributed by atoms with E-state index in [0.29, 0.717) is 27.6 Å². The average Bonchev–Trinajstić information content (AvgIpc) is 3.06. The number of carbonyl (C=O) groups is 2. The number of aryl methyl sites for hydroxylation is 1. The van der Waals surface area contributed by atoms with E-state index < -0.39 is 17.7 Å². The number of nitrogens with zero attached hydrogens (tertiary/aromatic N) is 2. The fraction of sp³-hybridized carbons (Fsp3) is 0.125. The molecule has 1 aliphatic heterocycles. The van der Waals surface area contributed by atoms with Gasteiger partial charge in [-0.3, -0.25) is 19.5 Å². The number of pyridine rings is 1. The quantitative estimate of drug-likeness (QED) is 0.366. The normalized spacial score (nSPS) is 17.8. The molecule has 1 N–H and O–H groups in total. The zero-order chi connectivity index (χ0) is 22.1. The van der Waals surface area contributed by atoms with Crippen molar-refractivity contribution < 1.29 is 19.4 Å². The van der Waals surface area contributed by atoms with Gasteiger partial charge in [0.25, 0.3) is 11.7 Å². The summed E-state index contributed by atoms with van der Waals surface area (Å²) in [4.78, 5) is 31.5. The van der Waals surface area contributed by atoms with E-state index in [9.17, 15) is 14.7 Å². The second-order valence-corrected chi connectivity index (χ2v) is 7.52. The van der Waals surface area contributed by atoms with Crippen LogP contribution in [0.5, 0.6) is 5.75 Å². The largest absolute Gasteiger partial charge is 0.507 e. The molecular formula is C24H19ClN2O4. The Bertz CT molecular complexity index is 1190. The summed E-state index contributed by atoms with van der Waals surface area (Å²) in [7, 11) is 1.55. The highest BCUT2D eigenvalue weighted by atomic mass is 35.5. The van der Waals surface area contributed by atoms with Gasteiger partial charge in [-0.15, -0.1) is 0 Å². The summed E-state index contributed by atoms with van der Waals surface area (Å²) in [5.41, 5.74) is 2.35. The molecule has 1 amide bonds. The first kappa shape index (κ1) is 20.6. The van der Waals surface area contributed by atoms with E-state index in [4.69, 9.17) is 16.3 Å². The molecule has 1 aromatic heterocycles. The number of benzene rings is 2. The fourth-order valence-corrected chi connectivity index (χ4v) is 3.77. The first-order valence-corrected chi connectivity index (χ1v) is 9.91. The Morgan fingerprint density at radius 3 is 2.35 bits per heavy atom. The number of Topliss-reactive ketones (excluding diaryl/α,β-unsaturated/α-hetero) is 1. The second-order valence-electron chi connectivity index (χ2n) is 7.11. The molecule has 1 saturated heterocycles. The smallest absolute Gasteiger partial charge is 0.300 e. The van der Waals surface area contributed by atoms with Gasteiger partial charge in [0.2, 0.25) is 0 Å². The van der Waals surface area contributed by atoms with E-state index in [1.807, 2.05) is 6.92 Å². The number of aliphatic hydroxyl groups excluding tert-OH is 1. The van der Waals surface area contributed by atoms with Crippen molar-refractivity contribution >= 4 is 34.7 Å². The topological polar surface area (TPSA) is 79.7 Å². The first-order chi connectivity index (χ1) is 14.9. The monoisotopic (exact) mass is 434 g/mol. The molecule has 4 rings (SSSR count). The molecule has 1 atom stereocenters. The Kier molecular flexibility index (Phi) is 5.48. The van der Waals surface area contributed by atoms with Gasteiger partial charge >= 0.3 is 0 Å². The van der Waals surface area contributed by atoms with Gasteiger partial charge in [0.15, 0.2) is 0 Å². The van der Waals surface area contributed by atoms with Crippen LogP contribution in [0.4, 0.5) is 5.69 Å². The standard InChI is InChI=1S/C24H19ClN2O4/c1-14-3-6-17(13-19(14)25)27-21(15-4-7-18(31-2)8-5-15)20(23(29)24(27)30)22(28)16-9-11-26-12-10-16/h3-13,21,28H,1-2H3/b22-20+. The maximum absolute atomic E-state index is 13.1. The number of amides is 1. The summed E-state index contributed by atoms with van der Waals surface area (Å²) in [5, 5.41) is 11.5. The third-order valence-electron chi connectivity index (χ3n) is 5.26. The van der Waals surface area contributed by atoms with Crippen molar-refractivity contribution in [3.63, 3.8) is 0 Å². The van der Waals surface area contributed by atoms with E-state index >= 15 is 0 Å². The number of halogens is 1. The van der Waals surface area contributed by atoms with Gasteiger partial charge < -0.3 is 9.84 Å².